The molecule has 2 saturated heterocycles. The van der Waals surface area contributed by atoms with Crippen LogP contribution in [0.2, 0.25) is 0 Å². The molecule has 154 valence electrons. The molecule has 2 fully saturated rings. The van der Waals surface area contributed by atoms with Gasteiger partial charge in [0.05, 0.1) is 11.4 Å². The highest BCUT2D eigenvalue weighted by Gasteiger charge is 2.52. The van der Waals surface area contributed by atoms with Crippen molar-refractivity contribution in [3.63, 3.8) is 0 Å². The minimum Gasteiger partial charge on any atom is -0.404 e. The van der Waals surface area contributed by atoms with E-state index < -0.39 is 29.6 Å². The number of halogens is 3. The molecular formula is C18H23F3N4O3. The van der Waals surface area contributed by atoms with Crippen molar-refractivity contribution in [2.75, 3.05) is 30.3 Å². The van der Waals surface area contributed by atoms with Crippen molar-refractivity contribution in [2.45, 2.75) is 38.6 Å². The molecule has 0 bridgehead atoms. The van der Waals surface area contributed by atoms with Crippen LogP contribution in [0.15, 0.2) is 18.2 Å². The number of piperidine rings is 1. The van der Waals surface area contributed by atoms with Gasteiger partial charge >= 0.3 is 12.4 Å². The van der Waals surface area contributed by atoms with Crippen LogP contribution in [-0.2, 0) is 4.79 Å². The number of nitrogens with one attached hydrogen (secondary N) is 1. The molecule has 3 rings (SSSR count). The molecule has 0 aromatic heterocycles. The summed E-state index contributed by atoms with van der Waals surface area (Å²) in [5.41, 5.74) is 4.39. The van der Waals surface area contributed by atoms with Crippen LogP contribution in [0.25, 0.3) is 0 Å². The summed E-state index contributed by atoms with van der Waals surface area (Å²) < 4.78 is 41.1. The second-order valence-corrected chi connectivity index (χ2v) is 7.56. The maximum absolute atomic E-state index is 13.0. The summed E-state index contributed by atoms with van der Waals surface area (Å²) in [6.45, 7) is 5.50. The quantitative estimate of drug-likeness (QED) is 0.599. The van der Waals surface area contributed by atoms with Gasteiger partial charge in [-0.05, 0) is 63.9 Å². The Hall–Kier alpha value is -2.49. The molecule has 0 spiro atoms. The lowest BCUT2D eigenvalue weighted by Crippen LogP contribution is -2.47. The van der Waals surface area contributed by atoms with Gasteiger partial charge in [0.15, 0.2) is 5.75 Å². The van der Waals surface area contributed by atoms with Crippen molar-refractivity contribution in [1.29, 1.82) is 0 Å². The van der Waals surface area contributed by atoms with Crippen LogP contribution in [-0.4, -0.2) is 48.4 Å². The topological polar surface area (TPSA) is 87.9 Å². The fourth-order valence-electron chi connectivity index (χ4n) is 3.58. The number of nitrogen functional groups attached to an aromatic ring is 1. The van der Waals surface area contributed by atoms with Crippen LogP contribution in [0.3, 0.4) is 0 Å². The van der Waals surface area contributed by atoms with Crippen LogP contribution in [0.4, 0.5) is 29.3 Å². The number of hydrogen-bond acceptors (Lipinski definition) is 5. The van der Waals surface area contributed by atoms with Crippen molar-refractivity contribution in [3.05, 3.63) is 18.2 Å². The molecule has 7 nitrogen and oxygen atoms in total. The fraction of sp³-hybridized carbons (Fsp3) is 0.556. The number of anilines is 2. The summed E-state index contributed by atoms with van der Waals surface area (Å²) in [5.74, 6) is -0.749. The Balaban J connectivity index is 1.84. The van der Waals surface area contributed by atoms with Gasteiger partial charge in [-0.25, -0.2) is 9.69 Å². The summed E-state index contributed by atoms with van der Waals surface area (Å²) in [4.78, 5) is 28.4. The molecule has 2 aliphatic rings. The maximum Gasteiger partial charge on any atom is 0.573 e. The number of rotatable bonds is 4. The van der Waals surface area contributed by atoms with E-state index in [0.29, 0.717) is 6.54 Å². The third-order valence-corrected chi connectivity index (χ3v) is 5.20. The van der Waals surface area contributed by atoms with Crippen LogP contribution in [0, 0.1) is 5.92 Å². The third-order valence-electron chi connectivity index (χ3n) is 5.20. The van der Waals surface area contributed by atoms with Gasteiger partial charge in [0.25, 0.3) is 5.91 Å². The lowest BCUT2D eigenvalue weighted by atomic mass is 9.95. The normalized spacial score (nSPS) is 20.8. The van der Waals surface area contributed by atoms with Gasteiger partial charge in [-0.3, -0.25) is 4.79 Å². The number of benzene rings is 1. The number of imide groups is 1. The zero-order valence-corrected chi connectivity index (χ0v) is 15.7. The van der Waals surface area contributed by atoms with E-state index in [-0.39, 0.29) is 17.3 Å². The zero-order chi connectivity index (χ0) is 20.7. The molecule has 1 aromatic rings. The second-order valence-electron chi connectivity index (χ2n) is 7.56. The molecule has 0 saturated carbocycles. The first-order valence-corrected chi connectivity index (χ1v) is 9.03. The number of carbonyl (C=O) groups excluding carboxylic acids is 2. The summed E-state index contributed by atoms with van der Waals surface area (Å²) in [6.07, 6.45) is -3.07. The molecular weight excluding hydrogens is 377 g/mol. The van der Waals surface area contributed by atoms with Crippen LogP contribution >= 0.6 is 0 Å². The monoisotopic (exact) mass is 400 g/mol. The van der Waals surface area contributed by atoms with E-state index in [1.165, 1.54) is 11.0 Å². The van der Waals surface area contributed by atoms with Gasteiger partial charge in [-0.2, -0.15) is 0 Å². The number of alkyl halides is 3. The number of urea groups is 1. The van der Waals surface area contributed by atoms with Gasteiger partial charge in [-0.1, -0.05) is 0 Å². The highest BCUT2D eigenvalue weighted by Crippen LogP contribution is 2.37. The minimum absolute atomic E-state index is 0.114. The van der Waals surface area contributed by atoms with Crippen LogP contribution in [0.1, 0.15) is 26.7 Å². The lowest BCUT2D eigenvalue weighted by molar-refractivity contribution is -0.274. The number of hydrogen-bond donors (Lipinski definition) is 2. The number of nitrogens with zero attached hydrogens (tertiary/aromatic N) is 2. The maximum atomic E-state index is 13.0. The fourth-order valence-corrected chi connectivity index (χ4v) is 3.58. The van der Waals surface area contributed by atoms with Crippen molar-refractivity contribution >= 4 is 23.3 Å². The molecule has 0 aliphatic carbocycles. The van der Waals surface area contributed by atoms with E-state index >= 15 is 0 Å². The summed E-state index contributed by atoms with van der Waals surface area (Å²) in [6, 6.07) is 2.86. The van der Waals surface area contributed by atoms with Crippen LogP contribution in [0.5, 0.6) is 5.75 Å². The third kappa shape index (κ3) is 3.87. The van der Waals surface area contributed by atoms with Crippen LogP contribution < -0.4 is 20.7 Å². The molecule has 1 aromatic carbocycles. The first-order valence-electron chi connectivity index (χ1n) is 9.03. The van der Waals surface area contributed by atoms with Crippen molar-refractivity contribution in [3.8, 4) is 5.75 Å². The minimum atomic E-state index is -4.89. The molecule has 0 radical (unpaired) electrons. The number of nitrogens with two attached hydrogens (primary N) is 1. The second kappa shape index (κ2) is 7.16. The number of amides is 3. The van der Waals surface area contributed by atoms with E-state index in [2.05, 4.69) is 10.1 Å². The summed E-state index contributed by atoms with van der Waals surface area (Å²) >= 11 is 0. The van der Waals surface area contributed by atoms with Crippen molar-refractivity contribution in [2.24, 2.45) is 5.92 Å². The first-order chi connectivity index (χ1) is 13.0. The number of ether oxygens (including phenoxy) is 1. The molecule has 28 heavy (non-hydrogen) atoms. The van der Waals surface area contributed by atoms with Gasteiger partial charge in [-0.15, -0.1) is 13.2 Å². The van der Waals surface area contributed by atoms with Gasteiger partial charge in [0.1, 0.15) is 5.54 Å². The number of carbonyl (C=O) groups is 2. The highest BCUT2D eigenvalue weighted by molar-refractivity contribution is 6.23. The Morgan fingerprint density at radius 3 is 2.46 bits per heavy atom. The van der Waals surface area contributed by atoms with E-state index in [1.54, 1.807) is 13.8 Å². The molecule has 2 heterocycles. The molecule has 0 unspecified atom stereocenters. The van der Waals surface area contributed by atoms with E-state index in [4.69, 9.17) is 5.73 Å². The van der Waals surface area contributed by atoms with E-state index in [0.717, 1.165) is 43.0 Å². The SMILES string of the molecule is CC1(C)C(=O)N(c2ccc(OC(F)(F)F)c(N)c2)C(=O)N1CC1CCNCC1. The molecule has 2 aliphatic heterocycles. The van der Waals surface area contributed by atoms with Gasteiger partial charge in [0.2, 0.25) is 0 Å². The van der Waals surface area contributed by atoms with Crippen molar-refractivity contribution < 1.29 is 27.5 Å². The molecule has 3 N–H and O–H groups in total. The Labute approximate surface area is 160 Å². The zero-order valence-electron chi connectivity index (χ0n) is 15.7. The Morgan fingerprint density at radius 1 is 1.25 bits per heavy atom. The first kappa shape index (κ1) is 20.2. The standard InChI is InChI=1S/C18H23F3N4O3/c1-17(2)15(26)25(16(27)24(17)10-11-5-7-23-8-6-11)12-3-4-14(13(22)9-12)28-18(19,20)21/h3-4,9,11,23H,5-8,10,22H2,1-2H3. The summed E-state index contributed by atoms with van der Waals surface area (Å²) in [7, 11) is 0. The van der Waals surface area contributed by atoms with Gasteiger partial charge < -0.3 is 20.7 Å². The lowest BCUT2D eigenvalue weighted by Gasteiger charge is -2.33. The Bertz CT molecular complexity index is 776. The molecule has 3 amide bonds. The van der Waals surface area contributed by atoms with Gasteiger partial charge in [0, 0.05) is 6.54 Å². The average Bonchev–Trinajstić information content (AvgIpc) is 2.77. The molecule has 10 heteroatoms. The average molecular weight is 400 g/mol. The predicted octanol–water partition coefficient (Wildman–Crippen LogP) is 2.71. The Morgan fingerprint density at radius 2 is 1.89 bits per heavy atom. The Kier molecular flexibility index (Phi) is 5.18. The smallest absolute Gasteiger partial charge is 0.404 e. The largest absolute Gasteiger partial charge is 0.573 e. The highest BCUT2D eigenvalue weighted by atomic mass is 19.4. The summed E-state index contributed by atoms with van der Waals surface area (Å²) in [5, 5.41) is 3.26. The van der Waals surface area contributed by atoms with Crippen molar-refractivity contribution in [1.82, 2.24) is 10.2 Å². The van der Waals surface area contributed by atoms with E-state index in [9.17, 15) is 22.8 Å². The molecule has 0 atom stereocenters. The predicted molar refractivity (Wildman–Crippen MR) is 96.8 cm³/mol. The van der Waals surface area contributed by atoms with E-state index in [1.807, 2.05) is 0 Å².